The summed E-state index contributed by atoms with van der Waals surface area (Å²) in [5.74, 6) is -0.102. The summed E-state index contributed by atoms with van der Waals surface area (Å²) in [5.41, 5.74) is 0. The Balaban J connectivity index is 2.43. The Morgan fingerprint density at radius 1 is 1.88 bits per heavy atom. The average Bonchev–Trinajstić information content (AvgIpc) is 2.14. The molecule has 0 amide bonds. The van der Waals surface area contributed by atoms with Crippen molar-refractivity contribution in [1.29, 1.82) is 0 Å². The third kappa shape index (κ3) is 0.886. The van der Waals surface area contributed by atoms with Crippen LogP contribution in [-0.4, -0.2) is 12.1 Å². The first-order chi connectivity index (χ1) is 3.83. The number of hydrogen-bond acceptors (Lipinski definition) is 2. The fourth-order valence-corrected chi connectivity index (χ4v) is 0.713. The smallest absolute Gasteiger partial charge is 0.306 e. The minimum atomic E-state index is -0.102. The van der Waals surface area contributed by atoms with E-state index < -0.39 is 0 Å². The molecule has 1 rings (SSSR count). The third-order valence-electron chi connectivity index (χ3n) is 1.18. The highest BCUT2D eigenvalue weighted by Gasteiger charge is 2.19. The SMILES string of the molecule is C=C[C@H]1CCC(=O)O1. The summed E-state index contributed by atoms with van der Waals surface area (Å²) in [6, 6.07) is 0. The molecule has 1 aliphatic rings. The molecule has 1 heterocycles. The van der Waals surface area contributed by atoms with Crippen molar-refractivity contribution in [3.63, 3.8) is 0 Å². The van der Waals surface area contributed by atoms with E-state index >= 15 is 0 Å². The summed E-state index contributed by atoms with van der Waals surface area (Å²) in [6.07, 6.45) is 3.01. The third-order valence-corrected chi connectivity index (χ3v) is 1.18. The van der Waals surface area contributed by atoms with Gasteiger partial charge >= 0.3 is 5.97 Å². The molecule has 0 radical (unpaired) electrons. The zero-order chi connectivity index (χ0) is 5.98. The van der Waals surface area contributed by atoms with Gasteiger partial charge in [-0.25, -0.2) is 0 Å². The summed E-state index contributed by atoms with van der Waals surface area (Å²) in [4.78, 5) is 10.3. The van der Waals surface area contributed by atoms with Gasteiger partial charge in [0, 0.05) is 6.42 Å². The molecule has 1 saturated heterocycles. The van der Waals surface area contributed by atoms with Gasteiger partial charge in [-0.15, -0.1) is 0 Å². The van der Waals surface area contributed by atoms with E-state index in [1.807, 2.05) is 0 Å². The lowest BCUT2D eigenvalue weighted by atomic mass is 10.2. The maximum absolute atomic E-state index is 10.3. The van der Waals surface area contributed by atoms with Crippen molar-refractivity contribution in [2.45, 2.75) is 18.9 Å². The molecule has 0 aromatic heterocycles. The summed E-state index contributed by atoms with van der Waals surface area (Å²) in [5, 5.41) is 0. The van der Waals surface area contributed by atoms with Crippen LogP contribution in [0, 0.1) is 0 Å². The van der Waals surface area contributed by atoms with Gasteiger partial charge in [-0.2, -0.15) is 0 Å². The minimum Gasteiger partial charge on any atom is -0.458 e. The number of esters is 1. The molecule has 1 aliphatic heterocycles. The predicted octanol–water partition coefficient (Wildman–Crippen LogP) is 0.878. The van der Waals surface area contributed by atoms with Crippen LogP contribution >= 0.6 is 0 Å². The second kappa shape index (κ2) is 1.99. The molecular formula is C6H8O2. The first kappa shape index (κ1) is 5.35. The van der Waals surface area contributed by atoms with Crippen LogP contribution in [0.3, 0.4) is 0 Å². The van der Waals surface area contributed by atoms with Crippen molar-refractivity contribution in [2.75, 3.05) is 0 Å². The standard InChI is InChI=1S/C6H8O2/c1-2-5-3-4-6(7)8-5/h2,5H,1,3-4H2/t5-/m0/s1. The molecular weight excluding hydrogens is 104 g/mol. The lowest BCUT2D eigenvalue weighted by molar-refractivity contribution is -0.139. The van der Waals surface area contributed by atoms with Gasteiger partial charge in [0.1, 0.15) is 6.10 Å². The largest absolute Gasteiger partial charge is 0.458 e. The first-order valence-electron chi connectivity index (χ1n) is 2.65. The van der Waals surface area contributed by atoms with E-state index in [1.54, 1.807) is 6.08 Å². The Kier molecular flexibility index (Phi) is 1.33. The van der Waals surface area contributed by atoms with Crippen LogP contribution in [0.15, 0.2) is 12.7 Å². The number of ether oxygens (including phenoxy) is 1. The Morgan fingerprint density at radius 2 is 2.62 bits per heavy atom. The molecule has 1 atom stereocenters. The maximum atomic E-state index is 10.3. The van der Waals surface area contributed by atoms with E-state index in [1.165, 1.54) is 0 Å². The Morgan fingerprint density at radius 3 is 2.88 bits per heavy atom. The van der Waals surface area contributed by atoms with Crippen molar-refractivity contribution in [1.82, 2.24) is 0 Å². The number of hydrogen-bond donors (Lipinski definition) is 0. The normalized spacial score (nSPS) is 27.5. The average molecular weight is 112 g/mol. The lowest BCUT2D eigenvalue weighted by Crippen LogP contribution is -2.00. The second-order valence-electron chi connectivity index (χ2n) is 1.80. The summed E-state index contributed by atoms with van der Waals surface area (Å²) in [7, 11) is 0. The molecule has 0 N–H and O–H groups in total. The van der Waals surface area contributed by atoms with Gasteiger partial charge in [0.05, 0.1) is 0 Å². The topological polar surface area (TPSA) is 26.3 Å². The molecule has 0 bridgehead atoms. The maximum Gasteiger partial charge on any atom is 0.306 e. The highest BCUT2D eigenvalue weighted by atomic mass is 16.5. The van der Waals surface area contributed by atoms with Crippen LogP contribution in [0.25, 0.3) is 0 Å². The van der Waals surface area contributed by atoms with Crippen LogP contribution < -0.4 is 0 Å². The zero-order valence-corrected chi connectivity index (χ0v) is 4.59. The fraction of sp³-hybridized carbons (Fsp3) is 0.500. The van der Waals surface area contributed by atoms with Gasteiger partial charge < -0.3 is 4.74 Å². The van der Waals surface area contributed by atoms with E-state index in [0.717, 1.165) is 6.42 Å². The molecule has 0 spiro atoms. The van der Waals surface area contributed by atoms with E-state index in [-0.39, 0.29) is 12.1 Å². The summed E-state index contributed by atoms with van der Waals surface area (Å²) < 4.78 is 4.75. The highest BCUT2D eigenvalue weighted by Crippen LogP contribution is 2.13. The number of carbonyl (C=O) groups is 1. The lowest BCUT2D eigenvalue weighted by Gasteiger charge is -1.97. The van der Waals surface area contributed by atoms with E-state index in [0.29, 0.717) is 6.42 Å². The molecule has 2 nitrogen and oxygen atoms in total. The molecule has 44 valence electrons. The Hall–Kier alpha value is -0.790. The summed E-state index contributed by atoms with van der Waals surface area (Å²) in [6.45, 7) is 3.50. The van der Waals surface area contributed by atoms with Gasteiger partial charge in [0.25, 0.3) is 0 Å². The first-order valence-corrected chi connectivity index (χ1v) is 2.65. The van der Waals surface area contributed by atoms with Crippen LogP contribution in [0.1, 0.15) is 12.8 Å². The van der Waals surface area contributed by atoms with Crippen molar-refractivity contribution in [2.24, 2.45) is 0 Å². The molecule has 0 saturated carbocycles. The second-order valence-corrected chi connectivity index (χ2v) is 1.80. The number of rotatable bonds is 1. The summed E-state index contributed by atoms with van der Waals surface area (Å²) >= 11 is 0. The molecule has 0 aromatic rings. The van der Waals surface area contributed by atoms with Gasteiger partial charge in [-0.1, -0.05) is 12.7 Å². The van der Waals surface area contributed by atoms with E-state index in [9.17, 15) is 4.79 Å². The minimum absolute atomic E-state index is 0.0116. The predicted molar refractivity (Wildman–Crippen MR) is 29.3 cm³/mol. The van der Waals surface area contributed by atoms with Crippen molar-refractivity contribution in [3.8, 4) is 0 Å². The van der Waals surface area contributed by atoms with Crippen LogP contribution in [0.2, 0.25) is 0 Å². The monoisotopic (exact) mass is 112 g/mol. The van der Waals surface area contributed by atoms with Gasteiger partial charge in [0.15, 0.2) is 0 Å². The van der Waals surface area contributed by atoms with Crippen molar-refractivity contribution < 1.29 is 9.53 Å². The van der Waals surface area contributed by atoms with Crippen molar-refractivity contribution in [3.05, 3.63) is 12.7 Å². The molecule has 0 aromatic carbocycles. The number of cyclic esters (lactones) is 1. The van der Waals surface area contributed by atoms with Crippen molar-refractivity contribution >= 4 is 5.97 Å². The van der Waals surface area contributed by atoms with Crippen LogP contribution in [-0.2, 0) is 9.53 Å². The van der Waals surface area contributed by atoms with Gasteiger partial charge in [0.2, 0.25) is 0 Å². The van der Waals surface area contributed by atoms with E-state index in [2.05, 4.69) is 6.58 Å². The Bertz CT molecular complexity index is 118. The van der Waals surface area contributed by atoms with Crippen LogP contribution in [0.4, 0.5) is 0 Å². The quantitative estimate of drug-likeness (QED) is 0.371. The molecule has 0 unspecified atom stereocenters. The molecule has 2 heteroatoms. The van der Waals surface area contributed by atoms with Gasteiger partial charge in [-0.05, 0) is 6.42 Å². The zero-order valence-electron chi connectivity index (χ0n) is 4.59. The van der Waals surface area contributed by atoms with Gasteiger partial charge in [-0.3, -0.25) is 4.79 Å². The number of carbonyl (C=O) groups excluding carboxylic acids is 1. The molecule has 8 heavy (non-hydrogen) atoms. The molecule has 1 fully saturated rings. The van der Waals surface area contributed by atoms with Crippen LogP contribution in [0.5, 0.6) is 0 Å². The highest BCUT2D eigenvalue weighted by molar-refractivity contribution is 5.71. The van der Waals surface area contributed by atoms with E-state index in [4.69, 9.17) is 4.74 Å². The fourth-order valence-electron chi connectivity index (χ4n) is 0.713. The Labute approximate surface area is 48.1 Å². The molecule has 0 aliphatic carbocycles.